The van der Waals surface area contributed by atoms with Gasteiger partial charge in [0, 0.05) is 26.0 Å². The van der Waals surface area contributed by atoms with Crippen molar-refractivity contribution in [2.45, 2.75) is 12.3 Å². The number of hydrogen-bond acceptors (Lipinski definition) is 7. The smallest absolute Gasteiger partial charge is 0.351 e. The van der Waals surface area contributed by atoms with Gasteiger partial charge in [-0.25, -0.2) is 9.46 Å². The molecule has 2 rings (SSSR count). The van der Waals surface area contributed by atoms with Crippen LogP contribution in [0, 0.1) is 0 Å². The van der Waals surface area contributed by atoms with Gasteiger partial charge < -0.3 is 15.0 Å². The molecule has 1 fully saturated rings. The van der Waals surface area contributed by atoms with E-state index in [1.165, 1.54) is 4.57 Å². The van der Waals surface area contributed by atoms with Gasteiger partial charge in [0.05, 0.1) is 12.7 Å². The summed E-state index contributed by atoms with van der Waals surface area (Å²) in [4.78, 5) is 17.7. The van der Waals surface area contributed by atoms with Gasteiger partial charge in [0.15, 0.2) is 6.23 Å². The van der Waals surface area contributed by atoms with Crippen LogP contribution in [0.5, 0.6) is 0 Å². The van der Waals surface area contributed by atoms with Crippen LogP contribution in [0.1, 0.15) is 6.23 Å². The molecule has 130 valence electrons. The minimum Gasteiger partial charge on any atom is -0.383 e. The molecule has 1 aromatic heterocycles. The van der Waals surface area contributed by atoms with Crippen molar-refractivity contribution in [3.8, 4) is 0 Å². The second-order valence-corrected chi connectivity index (χ2v) is 8.59. The second kappa shape index (κ2) is 7.11. The highest BCUT2D eigenvalue weighted by Gasteiger charge is 2.30. The van der Waals surface area contributed by atoms with E-state index < -0.39 is 19.4 Å². The van der Waals surface area contributed by atoms with Gasteiger partial charge in [-0.05, 0) is 27.2 Å². The van der Waals surface area contributed by atoms with Gasteiger partial charge in [-0.15, -0.1) is 0 Å². The summed E-state index contributed by atoms with van der Waals surface area (Å²) < 4.78 is 26.6. The fourth-order valence-corrected chi connectivity index (χ4v) is 2.90. The third-order valence-corrected chi connectivity index (χ3v) is 5.80. The van der Waals surface area contributed by atoms with Gasteiger partial charge in [-0.3, -0.25) is 14.0 Å². The van der Waals surface area contributed by atoms with Gasteiger partial charge in [0.25, 0.3) is 7.52 Å². The zero-order chi connectivity index (χ0) is 17.2. The quantitative estimate of drug-likeness (QED) is 0.747. The molecule has 0 radical (unpaired) electrons. The first-order valence-electron chi connectivity index (χ1n) is 7.27. The second-order valence-electron chi connectivity index (χ2n) is 5.92. The van der Waals surface area contributed by atoms with Crippen LogP contribution in [-0.4, -0.2) is 72.7 Å². The maximum absolute atomic E-state index is 12.2. The number of likely N-dealkylation sites (N-methyl/N-ethyl adjacent to an activating group) is 1. The van der Waals surface area contributed by atoms with Crippen molar-refractivity contribution in [3.05, 3.63) is 22.7 Å². The number of morpholine rings is 1. The highest BCUT2D eigenvalue weighted by Crippen LogP contribution is 2.44. The van der Waals surface area contributed by atoms with Crippen LogP contribution in [0.15, 0.2) is 17.1 Å². The Hall–Kier alpha value is -1.25. The van der Waals surface area contributed by atoms with Crippen molar-refractivity contribution in [2.75, 3.05) is 53.2 Å². The van der Waals surface area contributed by atoms with Crippen molar-refractivity contribution in [1.82, 2.24) is 19.1 Å². The SMILES string of the molecule is CN1C[C@@H](COP(C)(=O)N(C)C)O[C@@H](n2ccc(N)nc2=O)C1. The van der Waals surface area contributed by atoms with Crippen LogP contribution >= 0.6 is 7.52 Å². The van der Waals surface area contributed by atoms with E-state index >= 15 is 0 Å². The van der Waals surface area contributed by atoms with E-state index in [-0.39, 0.29) is 18.5 Å². The van der Waals surface area contributed by atoms with E-state index in [0.717, 1.165) is 0 Å². The Morgan fingerprint density at radius 3 is 2.83 bits per heavy atom. The number of nitrogens with zero attached hydrogens (tertiary/aromatic N) is 4. The summed E-state index contributed by atoms with van der Waals surface area (Å²) in [5.41, 5.74) is 5.05. The van der Waals surface area contributed by atoms with Gasteiger partial charge in [0.2, 0.25) is 0 Å². The summed E-state index contributed by atoms with van der Waals surface area (Å²) >= 11 is 0. The van der Waals surface area contributed by atoms with Crippen molar-refractivity contribution in [2.24, 2.45) is 0 Å². The fourth-order valence-electron chi connectivity index (χ4n) is 2.22. The van der Waals surface area contributed by atoms with Crippen molar-refractivity contribution in [3.63, 3.8) is 0 Å². The Morgan fingerprint density at radius 2 is 2.22 bits per heavy atom. The first kappa shape index (κ1) is 18.1. The summed E-state index contributed by atoms with van der Waals surface area (Å²) in [5.74, 6) is 0.174. The molecule has 0 saturated carbocycles. The average Bonchev–Trinajstić information content (AvgIpc) is 2.44. The fraction of sp³-hybridized carbons (Fsp3) is 0.692. The van der Waals surface area contributed by atoms with E-state index in [9.17, 15) is 9.36 Å². The summed E-state index contributed by atoms with van der Waals surface area (Å²) in [6.45, 7) is 2.91. The summed E-state index contributed by atoms with van der Waals surface area (Å²) in [5, 5.41) is 0. The molecule has 10 heteroatoms. The minimum absolute atomic E-state index is 0.174. The molecule has 9 nitrogen and oxygen atoms in total. The predicted octanol–water partition coefficient (Wildman–Crippen LogP) is 0.0558. The number of rotatable bonds is 5. The van der Waals surface area contributed by atoms with Gasteiger partial charge in [-0.1, -0.05) is 0 Å². The Labute approximate surface area is 135 Å². The van der Waals surface area contributed by atoms with E-state index in [0.29, 0.717) is 13.1 Å². The molecular weight excluding hydrogens is 321 g/mol. The zero-order valence-corrected chi connectivity index (χ0v) is 14.8. The molecule has 0 spiro atoms. The largest absolute Gasteiger partial charge is 0.383 e. The molecule has 0 aromatic carbocycles. The normalized spacial score (nSPS) is 25.4. The van der Waals surface area contributed by atoms with Crippen LogP contribution in [0.2, 0.25) is 0 Å². The van der Waals surface area contributed by atoms with Crippen molar-refractivity contribution in [1.29, 1.82) is 0 Å². The molecule has 2 N–H and O–H groups in total. The molecule has 0 bridgehead atoms. The van der Waals surface area contributed by atoms with Crippen LogP contribution in [0.3, 0.4) is 0 Å². The van der Waals surface area contributed by atoms with Crippen molar-refractivity contribution >= 4 is 13.3 Å². The molecule has 0 amide bonds. The summed E-state index contributed by atoms with van der Waals surface area (Å²) in [7, 11) is 2.52. The monoisotopic (exact) mass is 345 g/mol. The lowest BCUT2D eigenvalue weighted by molar-refractivity contribution is -0.128. The summed E-state index contributed by atoms with van der Waals surface area (Å²) in [6.07, 6.45) is 0.784. The Morgan fingerprint density at radius 1 is 1.52 bits per heavy atom. The molecule has 1 aliphatic rings. The lowest BCUT2D eigenvalue weighted by atomic mass is 10.3. The molecule has 3 atom stereocenters. The molecule has 2 heterocycles. The number of nitrogen functional groups attached to an aromatic ring is 1. The summed E-state index contributed by atoms with van der Waals surface area (Å²) in [6, 6.07) is 1.55. The van der Waals surface area contributed by atoms with Gasteiger partial charge in [-0.2, -0.15) is 4.98 Å². The highest BCUT2D eigenvalue weighted by molar-refractivity contribution is 7.55. The maximum atomic E-state index is 12.2. The van der Waals surface area contributed by atoms with Gasteiger partial charge >= 0.3 is 5.69 Å². The predicted molar refractivity (Wildman–Crippen MR) is 87.5 cm³/mol. The number of aromatic nitrogens is 2. The third-order valence-electron chi connectivity index (χ3n) is 3.72. The highest BCUT2D eigenvalue weighted by atomic mass is 31.2. The van der Waals surface area contributed by atoms with E-state index in [2.05, 4.69) is 4.98 Å². The lowest BCUT2D eigenvalue weighted by Crippen LogP contribution is -2.47. The van der Waals surface area contributed by atoms with E-state index in [4.69, 9.17) is 15.0 Å². The number of nitrogens with two attached hydrogens (primary N) is 1. The zero-order valence-electron chi connectivity index (χ0n) is 13.9. The molecule has 1 aliphatic heterocycles. The standard InChI is InChI=1S/C13H24N5O4P/c1-16(2)23(4,20)21-9-10-7-17(3)8-12(22-10)18-6-5-11(14)15-13(18)19/h5-6,10,12H,7-9H2,1-4H3,(H2,14,15,19)/t10-,12+,23?/m0/s1. The Kier molecular flexibility index (Phi) is 5.59. The minimum atomic E-state index is -2.82. The van der Waals surface area contributed by atoms with Gasteiger partial charge in [0.1, 0.15) is 5.82 Å². The first-order chi connectivity index (χ1) is 10.7. The topological polar surface area (TPSA) is 103 Å². The molecule has 1 unspecified atom stereocenters. The lowest BCUT2D eigenvalue weighted by Gasteiger charge is -2.37. The number of hydrogen-bond donors (Lipinski definition) is 1. The molecule has 0 aliphatic carbocycles. The number of ether oxygens (including phenoxy) is 1. The third kappa shape index (κ3) is 4.62. The average molecular weight is 345 g/mol. The van der Waals surface area contributed by atoms with E-state index in [1.54, 1.807) is 37.7 Å². The maximum Gasteiger partial charge on any atom is 0.351 e. The van der Waals surface area contributed by atoms with Crippen LogP contribution in [-0.2, 0) is 13.8 Å². The van der Waals surface area contributed by atoms with Crippen LogP contribution in [0.25, 0.3) is 0 Å². The van der Waals surface area contributed by atoms with Crippen LogP contribution < -0.4 is 11.4 Å². The molecule has 1 saturated heterocycles. The Balaban J connectivity index is 2.07. The molecule has 1 aromatic rings. The Bertz CT molecular complexity index is 649. The molecular formula is C13H24N5O4P. The van der Waals surface area contributed by atoms with Crippen LogP contribution in [0.4, 0.5) is 5.82 Å². The first-order valence-corrected chi connectivity index (χ1v) is 9.30. The van der Waals surface area contributed by atoms with Crippen molar-refractivity contribution < 1.29 is 13.8 Å². The molecule has 23 heavy (non-hydrogen) atoms. The number of anilines is 1. The van der Waals surface area contributed by atoms with E-state index in [1.807, 2.05) is 11.9 Å².